The highest BCUT2D eigenvalue weighted by atomic mass is 16.5. The van der Waals surface area contributed by atoms with Gasteiger partial charge in [-0.3, -0.25) is 14.4 Å². The lowest BCUT2D eigenvalue weighted by Gasteiger charge is -2.19. The summed E-state index contributed by atoms with van der Waals surface area (Å²) in [7, 11) is 1.43. The average molecular weight is 376 g/mol. The van der Waals surface area contributed by atoms with Gasteiger partial charge in [0, 0.05) is 18.9 Å². The standard InChI is InChI=1S/C20H24O7/c1-3-13-7-5-9-16(22)19(24)15(21)8-4-6-12-10-14(26-2)11-17(23)18(12)20(25)27-13/h10-11,13,23H,3-9H2,1-2H3/t13-/m0/s1. The Morgan fingerprint density at radius 2 is 1.74 bits per heavy atom. The first kappa shape index (κ1) is 20.6. The number of phenols is 1. The van der Waals surface area contributed by atoms with Crippen molar-refractivity contribution in [1.29, 1.82) is 0 Å². The van der Waals surface area contributed by atoms with Crippen molar-refractivity contribution >= 4 is 23.3 Å². The summed E-state index contributed by atoms with van der Waals surface area (Å²) in [6.45, 7) is 1.84. The number of ketones is 3. The van der Waals surface area contributed by atoms with Gasteiger partial charge in [-0.05, 0) is 43.7 Å². The summed E-state index contributed by atoms with van der Waals surface area (Å²) in [6, 6.07) is 2.93. The molecule has 0 aliphatic carbocycles. The Balaban J connectivity index is 2.37. The fraction of sp³-hybridized carbons (Fsp3) is 0.500. The summed E-state index contributed by atoms with van der Waals surface area (Å²) in [5, 5.41) is 10.3. The number of carbonyl (C=O) groups is 4. The maximum absolute atomic E-state index is 12.6. The van der Waals surface area contributed by atoms with Gasteiger partial charge in [0.05, 0.1) is 7.11 Å². The zero-order chi connectivity index (χ0) is 20.0. The van der Waals surface area contributed by atoms with Crippen molar-refractivity contribution in [3.8, 4) is 11.5 Å². The van der Waals surface area contributed by atoms with E-state index in [0.717, 1.165) is 0 Å². The van der Waals surface area contributed by atoms with Crippen LogP contribution < -0.4 is 4.74 Å². The molecule has 0 fully saturated rings. The van der Waals surface area contributed by atoms with Crippen LogP contribution in [0.4, 0.5) is 0 Å². The van der Waals surface area contributed by atoms with Gasteiger partial charge in [-0.1, -0.05) is 6.92 Å². The Kier molecular flexibility index (Phi) is 7.10. The topological polar surface area (TPSA) is 107 Å². The maximum atomic E-state index is 12.6. The number of hydrogen-bond acceptors (Lipinski definition) is 7. The SMILES string of the molecule is CC[C@H]1CCCC(=O)C(=O)C(=O)CCCc2cc(OC)cc(O)c2C(=O)O1. The molecule has 0 bridgehead atoms. The molecule has 0 saturated heterocycles. The van der Waals surface area contributed by atoms with E-state index in [1.165, 1.54) is 13.2 Å². The largest absolute Gasteiger partial charge is 0.507 e. The second-order valence-corrected chi connectivity index (χ2v) is 6.54. The van der Waals surface area contributed by atoms with E-state index in [1.54, 1.807) is 6.07 Å². The minimum atomic E-state index is -0.967. The number of cyclic esters (lactones) is 1. The van der Waals surface area contributed by atoms with E-state index in [2.05, 4.69) is 0 Å². The number of methoxy groups -OCH3 is 1. The van der Waals surface area contributed by atoms with Crippen LogP contribution in [0.15, 0.2) is 12.1 Å². The second-order valence-electron chi connectivity index (χ2n) is 6.54. The summed E-state index contributed by atoms with van der Waals surface area (Å²) in [6.07, 6.45) is 1.16. The molecule has 146 valence electrons. The number of benzene rings is 1. The number of aromatic hydroxyl groups is 1. The summed E-state index contributed by atoms with van der Waals surface area (Å²) in [5.74, 6) is -2.93. The Morgan fingerprint density at radius 1 is 1.07 bits per heavy atom. The fourth-order valence-corrected chi connectivity index (χ4v) is 3.08. The first-order valence-corrected chi connectivity index (χ1v) is 9.08. The molecule has 0 unspecified atom stereocenters. The number of carbonyl (C=O) groups excluding carboxylic acids is 4. The number of esters is 1. The Morgan fingerprint density at radius 3 is 2.37 bits per heavy atom. The van der Waals surface area contributed by atoms with Crippen molar-refractivity contribution in [3.05, 3.63) is 23.3 Å². The van der Waals surface area contributed by atoms with Crippen LogP contribution in [0.1, 0.15) is 61.4 Å². The van der Waals surface area contributed by atoms with Crippen LogP contribution in [-0.2, 0) is 25.5 Å². The molecule has 1 aliphatic rings. The van der Waals surface area contributed by atoms with Crippen LogP contribution >= 0.6 is 0 Å². The van der Waals surface area contributed by atoms with Gasteiger partial charge < -0.3 is 14.6 Å². The quantitative estimate of drug-likeness (QED) is 0.624. The summed E-state index contributed by atoms with van der Waals surface area (Å²) in [5.41, 5.74) is 0.511. The Labute approximate surface area is 157 Å². The van der Waals surface area contributed by atoms with Crippen molar-refractivity contribution in [1.82, 2.24) is 0 Å². The van der Waals surface area contributed by atoms with Gasteiger partial charge in [-0.25, -0.2) is 4.79 Å². The predicted molar refractivity (Wildman–Crippen MR) is 96.0 cm³/mol. The number of fused-ring (bicyclic) bond motifs is 1. The number of aryl methyl sites for hydroxylation is 1. The van der Waals surface area contributed by atoms with Gasteiger partial charge in [0.1, 0.15) is 23.2 Å². The molecule has 7 heteroatoms. The minimum Gasteiger partial charge on any atom is -0.507 e. The van der Waals surface area contributed by atoms with E-state index in [9.17, 15) is 24.3 Å². The van der Waals surface area contributed by atoms with Gasteiger partial charge in [-0.15, -0.1) is 0 Å². The molecule has 2 rings (SSSR count). The molecule has 0 amide bonds. The monoisotopic (exact) mass is 376 g/mol. The van der Waals surface area contributed by atoms with Crippen LogP contribution in [0, 0.1) is 0 Å². The third kappa shape index (κ3) is 5.15. The number of Topliss-reactive ketones (excluding diaryl/α,β-unsaturated/α-hetero) is 3. The molecule has 0 radical (unpaired) electrons. The van der Waals surface area contributed by atoms with Crippen molar-refractivity contribution < 1.29 is 33.8 Å². The molecule has 27 heavy (non-hydrogen) atoms. The van der Waals surface area contributed by atoms with Gasteiger partial charge in [0.2, 0.25) is 11.6 Å². The lowest BCUT2D eigenvalue weighted by molar-refractivity contribution is -0.144. The highest BCUT2D eigenvalue weighted by Crippen LogP contribution is 2.30. The highest BCUT2D eigenvalue weighted by molar-refractivity contribution is 6.63. The molecule has 1 aromatic rings. The first-order valence-electron chi connectivity index (χ1n) is 9.08. The van der Waals surface area contributed by atoms with Crippen molar-refractivity contribution in [2.45, 2.75) is 58.0 Å². The summed E-state index contributed by atoms with van der Waals surface area (Å²) < 4.78 is 10.6. The minimum absolute atomic E-state index is 0.0427. The summed E-state index contributed by atoms with van der Waals surface area (Å²) in [4.78, 5) is 48.3. The lowest BCUT2D eigenvalue weighted by atomic mass is 9.97. The number of rotatable bonds is 2. The molecule has 1 N–H and O–H groups in total. The summed E-state index contributed by atoms with van der Waals surface area (Å²) >= 11 is 0. The fourth-order valence-electron chi connectivity index (χ4n) is 3.08. The van der Waals surface area contributed by atoms with Crippen LogP contribution in [0.5, 0.6) is 11.5 Å². The third-order valence-electron chi connectivity index (χ3n) is 4.63. The molecule has 7 nitrogen and oxygen atoms in total. The van der Waals surface area contributed by atoms with Gasteiger partial charge in [0.15, 0.2) is 0 Å². The molecule has 0 aromatic heterocycles. The molecule has 1 aliphatic heterocycles. The van der Waals surface area contributed by atoms with Gasteiger partial charge in [-0.2, -0.15) is 0 Å². The maximum Gasteiger partial charge on any atom is 0.342 e. The van der Waals surface area contributed by atoms with Crippen molar-refractivity contribution in [2.75, 3.05) is 7.11 Å². The number of hydrogen-bond donors (Lipinski definition) is 1. The number of phenolic OH excluding ortho intramolecular Hbond substituents is 1. The van der Waals surface area contributed by atoms with E-state index in [-0.39, 0.29) is 37.0 Å². The molecule has 1 atom stereocenters. The van der Waals surface area contributed by atoms with Gasteiger partial charge >= 0.3 is 5.97 Å². The second kappa shape index (κ2) is 9.30. The van der Waals surface area contributed by atoms with Crippen molar-refractivity contribution in [3.63, 3.8) is 0 Å². The Hall–Kier alpha value is -2.70. The van der Waals surface area contributed by atoms with E-state index >= 15 is 0 Å². The van der Waals surface area contributed by atoms with Crippen LogP contribution in [0.25, 0.3) is 0 Å². The first-order chi connectivity index (χ1) is 12.9. The predicted octanol–water partition coefficient (Wildman–Crippen LogP) is 2.55. The van der Waals surface area contributed by atoms with E-state index in [4.69, 9.17) is 9.47 Å². The van der Waals surface area contributed by atoms with Gasteiger partial charge in [0.25, 0.3) is 5.78 Å². The highest BCUT2D eigenvalue weighted by Gasteiger charge is 2.26. The zero-order valence-electron chi connectivity index (χ0n) is 15.6. The third-order valence-corrected chi connectivity index (χ3v) is 4.63. The van der Waals surface area contributed by atoms with Crippen LogP contribution in [0.2, 0.25) is 0 Å². The number of ether oxygens (including phenoxy) is 2. The molecule has 1 aromatic carbocycles. The normalized spacial score (nSPS) is 19.9. The lowest BCUT2D eigenvalue weighted by Crippen LogP contribution is -2.25. The molecule has 0 spiro atoms. The molecular weight excluding hydrogens is 352 g/mol. The zero-order valence-corrected chi connectivity index (χ0v) is 15.6. The average Bonchev–Trinajstić information content (AvgIpc) is 2.64. The van der Waals surface area contributed by atoms with E-state index in [1.807, 2.05) is 6.92 Å². The molecular formula is C20H24O7. The smallest absolute Gasteiger partial charge is 0.342 e. The van der Waals surface area contributed by atoms with Crippen molar-refractivity contribution in [2.24, 2.45) is 0 Å². The van der Waals surface area contributed by atoms with E-state index < -0.39 is 29.4 Å². The van der Waals surface area contributed by atoms with Crippen LogP contribution in [0.3, 0.4) is 0 Å². The Bertz CT molecular complexity index is 751. The van der Waals surface area contributed by atoms with Crippen LogP contribution in [-0.4, -0.2) is 41.6 Å². The molecule has 0 saturated carbocycles. The molecule has 1 heterocycles. The van der Waals surface area contributed by atoms with E-state index in [0.29, 0.717) is 30.6 Å².